The van der Waals surface area contributed by atoms with Gasteiger partial charge in [0.25, 0.3) is 14.4 Å². The van der Waals surface area contributed by atoms with Gasteiger partial charge in [-0.05, 0) is 119 Å². The van der Waals surface area contributed by atoms with Crippen LogP contribution in [0.1, 0.15) is 62.8 Å². The normalized spacial score (nSPS) is 14.8. The zero-order chi connectivity index (χ0) is 46.4. The topological polar surface area (TPSA) is 123 Å². The smallest absolute Gasteiger partial charge is 0.329 e. The van der Waals surface area contributed by atoms with Crippen molar-refractivity contribution < 1.29 is 32.8 Å². The molecule has 0 saturated carbocycles. The van der Waals surface area contributed by atoms with Gasteiger partial charge in [0.2, 0.25) is 0 Å². The van der Waals surface area contributed by atoms with E-state index in [1.54, 1.807) is 20.3 Å². The van der Waals surface area contributed by atoms with Gasteiger partial charge in [0.05, 0.1) is 46.0 Å². The molecule has 7 aromatic carbocycles. The van der Waals surface area contributed by atoms with E-state index in [-0.39, 0.29) is 50.4 Å². The fourth-order valence-corrected chi connectivity index (χ4v) is 10.7. The summed E-state index contributed by atoms with van der Waals surface area (Å²) in [5.41, 5.74) is 2.41. The molecule has 0 spiro atoms. The maximum Gasteiger partial charge on any atom is 0.329 e. The van der Waals surface area contributed by atoms with Gasteiger partial charge in [-0.2, -0.15) is 5.26 Å². The Hall–Kier alpha value is -6.38. The van der Waals surface area contributed by atoms with Crippen LogP contribution in [0, 0.1) is 11.3 Å². The molecule has 0 aromatic heterocycles. The van der Waals surface area contributed by atoms with Gasteiger partial charge < -0.3 is 28.6 Å². The van der Waals surface area contributed by atoms with Crippen LogP contribution in [0.4, 0.5) is 4.79 Å². The van der Waals surface area contributed by atoms with Crippen LogP contribution >= 0.6 is 8.53 Å². The highest BCUT2D eigenvalue weighted by molar-refractivity contribution is 7.44. The molecule has 1 fully saturated rings. The van der Waals surface area contributed by atoms with E-state index in [1.807, 2.05) is 84.9 Å². The first-order chi connectivity index (χ1) is 32.1. The Balaban J connectivity index is 1.15. The van der Waals surface area contributed by atoms with E-state index in [0.717, 1.165) is 49.2 Å². The van der Waals surface area contributed by atoms with Gasteiger partial charge in [0.1, 0.15) is 22.8 Å². The Labute approximate surface area is 387 Å². The quantitative estimate of drug-likeness (QED) is 0.0199. The zero-order valence-corrected chi connectivity index (χ0v) is 39.1. The van der Waals surface area contributed by atoms with Crippen molar-refractivity contribution >= 4 is 58.9 Å². The number of urea groups is 1. The minimum Gasteiger partial charge on any atom is -0.497 e. The number of imide groups is 1. The van der Waals surface area contributed by atoms with E-state index in [0.29, 0.717) is 11.5 Å². The van der Waals surface area contributed by atoms with Crippen LogP contribution in [0.5, 0.6) is 11.5 Å². The van der Waals surface area contributed by atoms with Crippen molar-refractivity contribution in [2.24, 2.45) is 0 Å². The second kappa shape index (κ2) is 20.4. The van der Waals surface area contributed by atoms with Crippen LogP contribution in [0.3, 0.4) is 0 Å². The summed E-state index contributed by atoms with van der Waals surface area (Å²) in [6.45, 7) is 8.53. The number of carbonyl (C=O) groups is 2. The predicted molar refractivity (Wildman–Crippen MR) is 261 cm³/mol. The van der Waals surface area contributed by atoms with E-state index >= 15 is 0 Å². The number of methoxy groups -OCH3 is 2. The number of nitrogens with one attached hydrogen (secondary N) is 1. The predicted octanol–water partition coefficient (Wildman–Crippen LogP) is 11.6. The molecule has 7 aromatic rings. The Bertz CT molecular complexity index is 2790. The minimum atomic E-state index is -1.75. The Kier molecular flexibility index (Phi) is 14.3. The monoisotopic (exact) mass is 902 g/mol. The summed E-state index contributed by atoms with van der Waals surface area (Å²) < 4.78 is 34.1. The molecule has 0 aliphatic carbocycles. The molecule has 1 aliphatic heterocycles. The van der Waals surface area contributed by atoms with E-state index in [2.05, 4.69) is 92.3 Å². The Morgan fingerprint density at radius 2 is 1.30 bits per heavy atom. The molecule has 1 unspecified atom stereocenters. The van der Waals surface area contributed by atoms with E-state index in [1.165, 1.54) is 10.3 Å². The largest absolute Gasteiger partial charge is 0.497 e. The Morgan fingerprint density at radius 3 is 1.89 bits per heavy atom. The number of hydrogen-bond donors (Lipinski definition) is 1. The average Bonchev–Trinajstić information content (AvgIpc) is 3.60. The molecular weight excluding hydrogens is 848 g/mol. The molecule has 66 heavy (non-hydrogen) atoms. The highest BCUT2D eigenvalue weighted by Crippen LogP contribution is 2.49. The van der Waals surface area contributed by atoms with Crippen LogP contribution < -0.4 is 14.8 Å². The molecule has 1 heterocycles. The summed E-state index contributed by atoms with van der Waals surface area (Å²) in [5.74, 6) is 0.958. The first-order valence-corrected chi connectivity index (χ1v) is 23.4. The van der Waals surface area contributed by atoms with E-state index < -0.39 is 32.2 Å². The van der Waals surface area contributed by atoms with Crippen LogP contribution in [0.2, 0.25) is 0 Å². The van der Waals surface area contributed by atoms with E-state index in [9.17, 15) is 14.9 Å². The van der Waals surface area contributed by atoms with Gasteiger partial charge >= 0.3 is 6.03 Å². The molecule has 11 nitrogen and oxygen atoms in total. The van der Waals surface area contributed by atoms with E-state index in [4.69, 9.17) is 23.3 Å². The molecule has 0 radical (unpaired) electrons. The lowest BCUT2D eigenvalue weighted by atomic mass is 9.80. The van der Waals surface area contributed by atoms with Crippen LogP contribution in [-0.2, 0) is 24.2 Å². The van der Waals surface area contributed by atoms with Crippen molar-refractivity contribution in [1.82, 2.24) is 14.9 Å². The first-order valence-electron chi connectivity index (χ1n) is 22.3. The number of nitrogens with zero attached hydrogens (tertiary/aromatic N) is 3. The molecular formula is C54H55N4O7P. The second-order valence-corrected chi connectivity index (χ2v) is 18.2. The number of amides is 3. The zero-order valence-electron chi connectivity index (χ0n) is 38.2. The molecule has 1 aliphatic rings. The van der Waals surface area contributed by atoms with Crippen molar-refractivity contribution in [3.8, 4) is 17.6 Å². The molecule has 338 valence electrons. The molecule has 0 bridgehead atoms. The lowest BCUT2D eigenvalue weighted by Gasteiger charge is -2.40. The molecule has 1 N–H and O–H groups in total. The summed E-state index contributed by atoms with van der Waals surface area (Å²) in [7, 11) is 1.52. The van der Waals surface area contributed by atoms with Gasteiger partial charge in [-0.25, -0.2) is 9.46 Å². The highest BCUT2D eigenvalue weighted by Gasteiger charge is 2.41. The van der Waals surface area contributed by atoms with Crippen LogP contribution in [0.15, 0.2) is 139 Å². The van der Waals surface area contributed by atoms with Crippen molar-refractivity contribution in [2.75, 3.05) is 34.0 Å². The Morgan fingerprint density at radius 1 is 0.727 bits per heavy atom. The van der Waals surface area contributed by atoms with Gasteiger partial charge in [0.15, 0.2) is 0 Å². The fraction of sp³-hybridized carbons (Fsp3) is 0.278. The highest BCUT2D eigenvalue weighted by atomic mass is 31.2. The second-order valence-electron chi connectivity index (χ2n) is 16.8. The molecule has 1 saturated heterocycles. The molecule has 8 rings (SSSR count). The van der Waals surface area contributed by atoms with Gasteiger partial charge in [-0.3, -0.25) is 9.69 Å². The number of benzene rings is 7. The van der Waals surface area contributed by atoms with Crippen molar-refractivity contribution in [1.29, 1.82) is 5.26 Å². The maximum absolute atomic E-state index is 14.3. The lowest BCUT2D eigenvalue weighted by Crippen LogP contribution is -2.40. The molecule has 2 atom stereocenters. The van der Waals surface area contributed by atoms with Crippen molar-refractivity contribution in [2.45, 2.75) is 64.3 Å². The number of rotatable bonds is 20. The first kappa shape index (κ1) is 46.2. The standard InChI is InChI=1S/C54H55N4O7P/c1-36(2)58(37(3)4)66(64-33-11-31-55)65-47(35-63-54(42-14-8-7-9-15-42,43-21-25-45(61-5)26-22-43)44-23-27-46(62-6)28-24-44)30-32-57-52(59)49(56-53(57)60)34-41-19-18-40-17-16-38-12-10-13-39-20-29-48(41)51(40)50(38)39/h7-10,12-29,34,36-37,47H,11,30,32-33,35H2,1-6H3,(H,56,60)/b49-34-/t47-,66?/m0/s1. The van der Waals surface area contributed by atoms with Crippen LogP contribution in [0.25, 0.3) is 38.4 Å². The number of ether oxygens (including phenoxy) is 3. The lowest BCUT2D eigenvalue weighted by molar-refractivity contribution is -0.123. The maximum atomic E-state index is 14.3. The summed E-state index contributed by atoms with van der Waals surface area (Å²) in [6.07, 6.45) is 1.46. The third-order valence-electron chi connectivity index (χ3n) is 12.1. The average molecular weight is 903 g/mol. The third-order valence-corrected chi connectivity index (χ3v) is 14.2. The van der Waals surface area contributed by atoms with Crippen molar-refractivity contribution in [3.05, 3.63) is 161 Å². The third kappa shape index (κ3) is 9.34. The minimum absolute atomic E-state index is 0.0203. The fourth-order valence-electron chi connectivity index (χ4n) is 8.97. The molecule has 3 amide bonds. The van der Waals surface area contributed by atoms with Gasteiger partial charge in [-0.1, -0.05) is 109 Å². The summed E-state index contributed by atoms with van der Waals surface area (Å²) in [5, 5.41) is 19.0. The summed E-state index contributed by atoms with van der Waals surface area (Å²) in [4.78, 5) is 29.3. The molecule has 12 heteroatoms. The number of carbonyl (C=O) groups excluding carboxylic acids is 2. The van der Waals surface area contributed by atoms with Gasteiger partial charge in [-0.15, -0.1) is 0 Å². The summed E-state index contributed by atoms with van der Waals surface area (Å²) >= 11 is 0. The van der Waals surface area contributed by atoms with Crippen molar-refractivity contribution in [3.63, 3.8) is 0 Å². The number of nitriles is 1. The van der Waals surface area contributed by atoms with Gasteiger partial charge in [0, 0.05) is 18.6 Å². The van der Waals surface area contributed by atoms with Crippen LogP contribution in [-0.4, -0.2) is 73.7 Å². The summed E-state index contributed by atoms with van der Waals surface area (Å²) in [6, 6.07) is 46.1. The SMILES string of the molecule is COc1ccc(C(OC[C@H](CCN2C(=O)N/C(=C\c3ccc4ccc5cccc6ccc3c4c56)C2=O)OP(OCCC#N)N(C(C)C)C(C)C)(c2ccccc2)c2ccc(OC)cc2)cc1. The number of hydrogen-bond acceptors (Lipinski definition) is 9.